The minimum atomic E-state index is -0.323. The Morgan fingerprint density at radius 3 is 2.46 bits per heavy atom. The SMILES string of the molecule is CC(C)(C)Oc1cnnc(Cl)c1Cl. The van der Waals surface area contributed by atoms with Crippen molar-refractivity contribution in [2.45, 2.75) is 26.4 Å². The molecule has 0 saturated carbocycles. The third-order valence-electron chi connectivity index (χ3n) is 1.13. The first kappa shape index (κ1) is 10.5. The van der Waals surface area contributed by atoms with Crippen LogP contribution in [0.5, 0.6) is 5.75 Å². The van der Waals surface area contributed by atoms with Crippen molar-refractivity contribution < 1.29 is 4.74 Å². The Balaban J connectivity index is 2.96. The Kier molecular flexibility index (Phi) is 2.98. The lowest BCUT2D eigenvalue weighted by Gasteiger charge is -2.21. The lowest BCUT2D eigenvalue weighted by atomic mass is 10.2. The van der Waals surface area contributed by atoms with Gasteiger partial charge in [0, 0.05) is 0 Å². The van der Waals surface area contributed by atoms with E-state index in [-0.39, 0.29) is 10.8 Å². The topological polar surface area (TPSA) is 35.0 Å². The van der Waals surface area contributed by atoms with Gasteiger partial charge in [-0.15, -0.1) is 5.10 Å². The van der Waals surface area contributed by atoms with Gasteiger partial charge in [-0.3, -0.25) is 0 Å². The van der Waals surface area contributed by atoms with Crippen molar-refractivity contribution in [3.8, 4) is 5.75 Å². The van der Waals surface area contributed by atoms with Gasteiger partial charge in [-0.05, 0) is 20.8 Å². The molecular formula is C8H10Cl2N2O. The van der Waals surface area contributed by atoms with E-state index in [1.54, 1.807) is 0 Å². The van der Waals surface area contributed by atoms with Crippen molar-refractivity contribution in [2.75, 3.05) is 0 Å². The van der Waals surface area contributed by atoms with Crippen LogP contribution >= 0.6 is 23.2 Å². The molecule has 1 heterocycles. The number of ether oxygens (including phenoxy) is 1. The van der Waals surface area contributed by atoms with E-state index in [1.165, 1.54) is 6.20 Å². The molecule has 0 aromatic carbocycles. The van der Waals surface area contributed by atoms with E-state index in [1.807, 2.05) is 20.8 Å². The van der Waals surface area contributed by atoms with Gasteiger partial charge in [-0.25, -0.2) is 0 Å². The molecule has 0 amide bonds. The van der Waals surface area contributed by atoms with Crippen molar-refractivity contribution in [3.63, 3.8) is 0 Å². The normalized spacial score (nSPS) is 11.5. The van der Waals surface area contributed by atoms with E-state index < -0.39 is 0 Å². The summed E-state index contributed by atoms with van der Waals surface area (Å²) in [4.78, 5) is 0. The highest BCUT2D eigenvalue weighted by Crippen LogP contribution is 2.30. The molecule has 0 saturated heterocycles. The second kappa shape index (κ2) is 3.68. The van der Waals surface area contributed by atoms with Crippen LogP contribution in [0.4, 0.5) is 0 Å². The van der Waals surface area contributed by atoms with E-state index in [4.69, 9.17) is 27.9 Å². The number of halogens is 2. The lowest BCUT2D eigenvalue weighted by molar-refractivity contribution is 0.130. The summed E-state index contributed by atoms with van der Waals surface area (Å²) in [6.07, 6.45) is 1.44. The van der Waals surface area contributed by atoms with Gasteiger partial charge in [0.25, 0.3) is 0 Å². The molecule has 0 aliphatic rings. The summed E-state index contributed by atoms with van der Waals surface area (Å²) in [5.41, 5.74) is -0.323. The maximum absolute atomic E-state index is 5.84. The highest BCUT2D eigenvalue weighted by molar-refractivity contribution is 6.42. The molecule has 1 aromatic heterocycles. The van der Waals surface area contributed by atoms with Crippen molar-refractivity contribution in [2.24, 2.45) is 0 Å². The average molecular weight is 221 g/mol. The molecule has 0 radical (unpaired) electrons. The van der Waals surface area contributed by atoms with E-state index in [9.17, 15) is 0 Å². The highest BCUT2D eigenvalue weighted by Gasteiger charge is 2.16. The predicted molar refractivity (Wildman–Crippen MR) is 52.4 cm³/mol. The minimum Gasteiger partial charge on any atom is -0.485 e. The Morgan fingerprint density at radius 2 is 1.92 bits per heavy atom. The maximum Gasteiger partial charge on any atom is 0.174 e. The molecule has 0 aliphatic carbocycles. The quantitative estimate of drug-likeness (QED) is 0.731. The largest absolute Gasteiger partial charge is 0.485 e. The van der Waals surface area contributed by atoms with Gasteiger partial charge >= 0.3 is 0 Å². The van der Waals surface area contributed by atoms with E-state index in [0.717, 1.165) is 0 Å². The monoisotopic (exact) mass is 220 g/mol. The van der Waals surface area contributed by atoms with Gasteiger partial charge in [-0.2, -0.15) is 5.10 Å². The second-order valence-corrected chi connectivity index (χ2v) is 4.26. The van der Waals surface area contributed by atoms with Crippen LogP contribution in [0.3, 0.4) is 0 Å². The summed E-state index contributed by atoms with van der Waals surface area (Å²) in [6.45, 7) is 5.74. The zero-order valence-corrected chi connectivity index (χ0v) is 9.15. The summed E-state index contributed by atoms with van der Waals surface area (Å²) in [6, 6.07) is 0. The molecular weight excluding hydrogens is 211 g/mol. The number of rotatable bonds is 1. The fourth-order valence-corrected chi connectivity index (χ4v) is 0.997. The van der Waals surface area contributed by atoms with Crippen LogP contribution in [-0.2, 0) is 0 Å². The molecule has 5 heteroatoms. The molecule has 0 spiro atoms. The third-order valence-corrected chi connectivity index (χ3v) is 1.86. The standard InChI is InChI=1S/C8H10Cl2N2O/c1-8(2,3)13-5-4-11-12-7(10)6(5)9/h4H,1-3H3. The van der Waals surface area contributed by atoms with Crippen LogP contribution in [-0.4, -0.2) is 15.8 Å². The van der Waals surface area contributed by atoms with Crippen LogP contribution < -0.4 is 4.74 Å². The first-order valence-electron chi connectivity index (χ1n) is 3.76. The molecule has 3 nitrogen and oxygen atoms in total. The van der Waals surface area contributed by atoms with Gasteiger partial charge in [0.15, 0.2) is 10.9 Å². The van der Waals surface area contributed by atoms with Crippen molar-refractivity contribution in [1.82, 2.24) is 10.2 Å². The lowest BCUT2D eigenvalue weighted by Crippen LogP contribution is -2.23. The molecule has 0 bridgehead atoms. The van der Waals surface area contributed by atoms with Gasteiger partial charge in [0.2, 0.25) is 0 Å². The molecule has 72 valence electrons. The van der Waals surface area contributed by atoms with Crippen LogP contribution in [0.2, 0.25) is 10.2 Å². The zero-order chi connectivity index (χ0) is 10.1. The molecule has 1 aromatic rings. The highest BCUT2D eigenvalue weighted by atomic mass is 35.5. The number of aromatic nitrogens is 2. The van der Waals surface area contributed by atoms with Crippen molar-refractivity contribution >= 4 is 23.2 Å². The smallest absolute Gasteiger partial charge is 0.174 e. The maximum atomic E-state index is 5.84. The van der Waals surface area contributed by atoms with Crippen LogP contribution in [0.25, 0.3) is 0 Å². The molecule has 0 aliphatic heterocycles. The number of nitrogens with zero attached hydrogens (tertiary/aromatic N) is 2. The zero-order valence-electron chi connectivity index (χ0n) is 7.64. The fraction of sp³-hybridized carbons (Fsp3) is 0.500. The number of hydrogen-bond acceptors (Lipinski definition) is 3. The van der Waals surface area contributed by atoms with Crippen LogP contribution in [0, 0.1) is 0 Å². The van der Waals surface area contributed by atoms with Crippen molar-refractivity contribution in [3.05, 3.63) is 16.4 Å². The van der Waals surface area contributed by atoms with Crippen LogP contribution in [0.15, 0.2) is 6.20 Å². The molecule has 0 fully saturated rings. The molecule has 13 heavy (non-hydrogen) atoms. The molecule has 1 rings (SSSR count). The van der Waals surface area contributed by atoms with Gasteiger partial charge in [0.05, 0.1) is 6.20 Å². The summed E-state index contributed by atoms with van der Waals surface area (Å²) in [7, 11) is 0. The van der Waals surface area contributed by atoms with Gasteiger partial charge < -0.3 is 4.74 Å². The van der Waals surface area contributed by atoms with Gasteiger partial charge in [0.1, 0.15) is 10.6 Å². The summed E-state index contributed by atoms with van der Waals surface area (Å²) in [5, 5.41) is 7.66. The summed E-state index contributed by atoms with van der Waals surface area (Å²) >= 11 is 11.5. The fourth-order valence-electron chi connectivity index (χ4n) is 0.735. The Bertz CT molecular complexity index is 310. The third kappa shape index (κ3) is 3.01. The molecule has 0 N–H and O–H groups in total. The minimum absolute atomic E-state index is 0.156. The predicted octanol–water partition coefficient (Wildman–Crippen LogP) is 2.96. The molecule has 0 unspecified atom stereocenters. The second-order valence-electron chi connectivity index (χ2n) is 3.53. The first-order valence-corrected chi connectivity index (χ1v) is 4.51. The van der Waals surface area contributed by atoms with Crippen molar-refractivity contribution in [1.29, 1.82) is 0 Å². The Morgan fingerprint density at radius 1 is 1.31 bits per heavy atom. The summed E-state index contributed by atoms with van der Waals surface area (Å²) in [5.74, 6) is 0.453. The number of hydrogen-bond donors (Lipinski definition) is 0. The first-order chi connectivity index (χ1) is 5.90. The van der Waals surface area contributed by atoms with Crippen LogP contribution in [0.1, 0.15) is 20.8 Å². The van der Waals surface area contributed by atoms with E-state index in [0.29, 0.717) is 10.8 Å². The van der Waals surface area contributed by atoms with E-state index >= 15 is 0 Å². The molecule has 0 atom stereocenters. The van der Waals surface area contributed by atoms with E-state index in [2.05, 4.69) is 10.2 Å². The Labute approximate surface area is 87.0 Å². The summed E-state index contributed by atoms with van der Waals surface area (Å²) < 4.78 is 5.49. The average Bonchev–Trinajstić information content (AvgIpc) is 1.96. The Hall–Kier alpha value is -0.540. The van der Waals surface area contributed by atoms with Gasteiger partial charge in [-0.1, -0.05) is 23.2 Å².